The molecule has 5 heteroatoms. The van der Waals surface area contributed by atoms with Gasteiger partial charge in [-0.05, 0) is 86.1 Å². The predicted molar refractivity (Wildman–Crippen MR) is 174 cm³/mol. The van der Waals surface area contributed by atoms with Crippen LogP contribution in [0.5, 0.6) is 0 Å². The van der Waals surface area contributed by atoms with Crippen LogP contribution >= 0.6 is 0 Å². The molecular formula is C36H37N5. The van der Waals surface area contributed by atoms with Crippen molar-refractivity contribution in [3.05, 3.63) is 108 Å². The van der Waals surface area contributed by atoms with Crippen molar-refractivity contribution in [3.63, 3.8) is 0 Å². The van der Waals surface area contributed by atoms with E-state index in [9.17, 15) is 0 Å². The minimum Gasteiger partial charge on any atom is -0.359 e. The van der Waals surface area contributed by atoms with Crippen molar-refractivity contribution in [1.82, 2.24) is 15.0 Å². The van der Waals surface area contributed by atoms with Crippen LogP contribution in [0, 0.1) is 12.8 Å². The Kier molecular flexibility index (Phi) is 7.51. The Morgan fingerprint density at radius 2 is 1.90 bits per heavy atom. The van der Waals surface area contributed by atoms with E-state index >= 15 is 0 Å². The van der Waals surface area contributed by atoms with E-state index in [0.717, 1.165) is 68.2 Å². The van der Waals surface area contributed by atoms with E-state index in [1.165, 1.54) is 36.8 Å². The summed E-state index contributed by atoms with van der Waals surface area (Å²) in [5.41, 5.74) is 12.8. The van der Waals surface area contributed by atoms with E-state index in [1.54, 1.807) is 0 Å². The fourth-order valence-corrected chi connectivity index (χ4v) is 6.08. The number of aryl methyl sites for hydroxylation is 1. The summed E-state index contributed by atoms with van der Waals surface area (Å²) < 4.78 is 0. The van der Waals surface area contributed by atoms with Crippen LogP contribution in [0.15, 0.2) is 90.4 Å². The SMILES string of the molecule is C=C(Nc1cc(C)cc(-c2ccc3c(c2)C(c2nc4c(C(/C=C\C)=C/C)cncc4[nH]2)=CCC=N3)c1)C1CCCC1. The molecule has 2 aromatic heterocycles. The van der Waals surface area contributed by atoms with E-state index in [2.05, 4.69) is 83.4 Å². The standard InChI is InChI=1S/C36H37N5/c1-5-10-25(6-2)32-21-37-22-34-35(32)41-36(40-34)30-13-9-16-38-33-15-14-27(20-31(30)33)28-17-23(3)18-29(19-28)39-24(4)26-11-7-8-12-26/h5-6,10,13-22,26,39H,4,7-9,11-12H2,1-3H3,(H,40,41)/b10-5-,25-6+. The lowest BCUT2D eigenvalue weighted by atomic mass is 9.95. The Morgan fingerprint density at radius 3 is 2.71 bits per heavy atom. The van der Waals surface area contributed by atoms with Crippen LogP contribution in [0.4, 0.5) is 11.4 Å². The van der Waals surface area contributed by atoms with Crippen molar-refractivity contribution < 1.29 is 0 Å². The number of rotatable bonds is 7. The number of imidazole rings is 1. The van der Waals surface area contributed by atoms with Gasteiger partial charge in [-0.3, -0.25) is 9.98 Å². The number of benzene rings is 2. The quantitative estimate of drug-likeness (QED) is 0.230. The van der Waals surface area contributed by atoms with Gasteiger partial charge < -0.3 is 10.3 Å². The molecule has 0 amide bonds. The predicted octanol–water partition coefficient (Wildman–Crippen LogP) is 9.57. The molecule has 2 aliphatic rings. The molecule has 0 bridgehead atoms. The molecule has 41 heavy (non-hydrogen) atoms. The maximum Gasteiger partial charge on any atom is 0.138 e. The van der Waals surface area contributed by atoms with Gasteiger partial charge in [0, 0.05) is 46.9 Å². The Morgan fingerprint density at radius 1 is 1.05 bits per heavy atom. The summed E-state index contributed by atoms with van der Waals surface area (Å²) in [7, 11) is 0. The molecular weight excluding hydrogens is 502 g/mol. The van der Waals surface area contributed by atoms with Gasteiger partial charge in [-0.15, -0.1) is 0 Å². The fraction of sp³-hybridized carbons (Fsp3) is 0.250. The first-order chi connectivity index (χ1) is 20.0. The van der Waals surface area contributed by atoms with Crippen LogP contribution in [-0.2, 0) is 0 Å². The van der Waals surface area contributed by atoms with Crippen LogP contribution in [0.2, 0.25) is 0 Å². The van der Waals surface area contributed by atoms with Crippen molar-refractivity contribution in [2.75, 3.05) is 5.32 Å². The summed E-state index contributed by atoms with van der Waals surface area (Å²) >= 11 is 0. The van der Waals surface area contributed by atoms with Crippen molar-refractivity contribution in [3.8, 4) is 11.1 Å². The van der Waals surface area contributed by atoms with Gasteiger partial charge >= 0.3 is 0 Å². The molecule has 206 valence electrons. The molecule has 1 aliphatic carbocycles. The number of fused-ring (bicyclic) bond motifs is 2. The normalized spacial score (nSPS) is 15.8. The third-order valence-corrected chi connectivity index (χ3v) is 8.13. The highest BCUT2D eigenvalue weighted by atomic mass is 14.9. The molecule has 1 saturated carbocycles. The molecule has 1 fully saturated rings. The highest BCUT2D eigenvalue weighted by Gasteiger charge is 2.20. The number of pyridine rings is 1. The largest absolute Gasteiger partial charge is 0.359 e. The number of nitrogens with one attached hydrogen (secondary N) is 2. The first-order valence-electron chi connectivity index (χ1n) is 14.6. The minimum absolute atomic E-state index is 0.568. The molecule has 2 aromatic carbocycles. The van der Waals surface area contributed by atoms with E-state index in [1.807, 2.05) is 38.5 Å². The number of nitrogens with zero attached hydrogens (tertiary/aromatic N) is 3. The molecule has 1 aliphatic heterocycles. The van der Waals surface area contributed by atoms with Gasteiger partial charge in [-0.2, -0.15) is 0 Å². The van der Waals surface area contributed by atoms with Crippen molar-refractivity contribution in [2.24, 2.45) is 10.9 Å². The third-order valence-electron chi connectivity index (χ3n) is 8.13. The zero-order valence-electron chi connectivity index (χ0n) is 24.2. The Labute approximate surface area is 242 Å². The van der Waals surface area contributed by atoms with Crippen LogP contribution in [-0.4, -0.2) is 21.2 Å². The maximum atomic E-state index is 5.12. The van der Waals surface area contributed by atoms with Crippen molar-refractivity contribution in [2.45, 2.75) is 52.9 Å². The summed E-state index contributed by atoms with van der Waals surface area (Å²) in [6.45, 7) is 10.6. The van der Waals surface area contributed by atoms with Gasteiger partial charge in [-0.1, -0.05) is 55.9 Å². The molecule has 4 aromatic rings. The van der Waals surface area contributed by atoms with Crippen LogP contribution in [0.25, 0.3) is 33.3 Å². The lowest BCUT2D eigenvalue weighted by molar-refractivity contribution is 0.649. The zero-order valence-corrected chi connectivity index (χ0v) is 24.2. The van der Waals surface area contributed by atoms with Gasteiger partial charge in [0.2, 0.25) is 0 Å². The number of hydrogen-bond donors (Lipinski definition) is 2. The topological polar surface area (TPSA) is 66.0 Å². The molecule has 0 unspecified atom stereocenters. The van der Waals surface area contributed by atoms with Crippen molar-refractivity contribution in [1.29, 1.82) is 0 Å². The van der Waals surface area contributed by atoms with Crippen LogP contribution in [0.3, 0.4) is 0 Å². The average molecular weight is 540 g/mol. The Bertz CT molecular complexity index is 1740. The zero-order chi connectivity index (χ0) is 28.3. The smallest absolute Gasteiger partial charge is 0.138 e. The summed E-state index contributed by atoms with van der Waals surface area (Å²) in [4.78, 5) is 17.9. The second kappa shape index (κ2) is 11.5. The lowest BCUT2D eigenvalue weighted by Crippen LogP contribution is -2.07. The number of aliphatic imine (C=N–C) groups is 1. The minimum atomic E-state index is 0.568. The van der Waals surface area contributed by atoms with E-state index in [-0.39, 0.29) is 0 Å². The first-order valence-corrected chi connectivity index (χ1v) is 14.6. The molecule has 2 N–H and O–H groups in total. The molecule has 0 spiro atoms. The Hall–Kier alpha value is -4.51. The van der Waals surface area contributed by atoms with Crippen LogP contribution in [0.1, 0.15) is 68.5 Å². The van der Waals surface area contributed by atoms with Gasteiger partial charge in [0.25, 0.3) is 0 Å². The van der Waals surface area contributed by atoms with Gasteiger partial charge in [0.15, 0.2) is 0 Å². The molecule has 6 rings (SSSR count). The summed E-state index contributed by atoms with van der Waals surface area (Å²) in [5.74, 6) is 1.40. The molecule has 5 nitrogen and oxygen atoms in total. The van der Waals surface area contributed by atoms with Gasteiger partial charge in [-0.25, -0.2) is 4.98 Å². The first kappa shape index (κ1) is 26.7. The van der Waals surface area contributed by atoms with E-state index in [0.29, 0.717) is 5.92 Å². The second-order valence-electron chi connectivity index (χ2n) is 11.0. The number of allylic oxidation sites excluding steroid dienone is 6. The number of aromatic nitrogens is 3. The molecule has 0 saturated heterocycles. The van der Waals surface area contributed by atoms with Gasteiger partial charge in [0.05, 0.1) is 22.9 Å². The highest BCUT2D eigenvalue weighted by Crippen LogP contribution is 2.38. The van der Waals surface area contributed by atoms with E-state index in [4.69, 9.17) is 9.98 Å². The van der Waals surface area contributed by atoms with Crippen molar-refractivity contribution >= 4 is 39.8 Å². The number of anilines is 1. The van der Waals surface area contributed by atoms with Crippen LogP contribution < -0.4 is 5.32 Å². The molecule has 3 heterocycles. The Balaban J connectivity index is 1.39. The van der Waals surface area contributed by atoms with E-state index < -0.39 is 0 Å². The fourth-order valence-electron chi connectivity index (χ4n) is 6.08. The summed E-state index contributed by atoms with van der Waals surface area (Å²) in [6, 6.07) is 13.2. The number of aromatic amines is 1. The highest BCUT2D eigenvalue weighted by molar-refractivity contribution is 5.95. The lowest BCUT2D eigenvalue weighted by Gasteiger charge is -2.17. The molecule has 0 radical (unpaired) electrons. The summed E-state index contributed by atoms with van der Waals surface area (Å²) in [6.07, 6.45) is 20.0. The number of H-pyrrole nitrogens is 1. The average Bonchev–Trinajstić information content (AvgIpc) is 3.62. The second-order valence-corrected chi connectivity index (χ2v) is 11.0. The summed E-state index contributed by atoms with van der Waals surface area (Å²) in [5, 5.41) is 3.63. The maximum absolute atomic E-state index is 5.12. The third kappa shape index (κ3) is 5.45. The molecule has 0 atom stereocenters. The van der Waals surface area contributed by atoms with Gasteiger partial charge in [0.1, 0.15) is 5.82 Å². The monoisotopic (exact) mass is 539 g/mol. The number of hydrogen-bond acceptors (Lipinski definition) is 4.